The van der Waals surface area contributed by atoms with Crippen molar-refractivity contribution >= 4 is 29.2 Å². The van der Waals surface area contributed by atoms with Crippen LogP contribution >= 0.6 is 11.8 Å². The van der Waals surface area contributed by atoms with Crippen LogP contribution < -0.4 is 5.73 Å². The number of nitro benzene ring substituents is 1. The Balaban J connectivity index is 2.25. The summed E-state index contributed by atoms with van der Waals surface area (Å²) in [4.78, 5) is 23.2. The van der Waals surface area contributed by atoms with Gasteiger partial charge in [0.05, 0.1) is 10.5 Å². The largest absolute Gasteiger partial charge is 0.368 e. The first-order chi connectivity index (χ1) is 10.5. The Morgan fingerprint density at radius 3 is 2.77 bits per heavy atom. The monoisotopic (exact) mass is 317 g/mol. The van der Waals surface area contributed by atoms with E-state index in [1.54, 1.807) is 12.1 Å². The lowest BCUT2D eigenvalue weighted by molar-refractivity contribution is -0.384. The van der Waals surface area contributed by atoms with Gasteiger partial charge in [-0.2, -0.15) is 19.5 Å². The van der Waals surface area contributed by atoms with Crippen LogP contribution in [0.15, 0.2) is 23.4 Å². The van der Waals surface area contributed by atoms with Gasteiger partial charge in [0.1, 0.15) is 0 Å². The van der Waals surface area contributed by atoms with Crippen LogP contribution in [-0.2, 0) is 0 Å². The Morgan fingerprint density at radius 1 is 1.32 bits per heavy atom. The molecule has 2 aromatic heterocycles. The Hall–Kier alpha value is -2.75. The summed E-state index contributed by atoms with van der Waals surface area (Å²) in [6.07, 6.45) is 1.81. The van der Waals surface area contributed by atoms with Crippen LogP contribution in [0, 0.1) is 17.0 Å². The third-order valence-corrected chi connectivity index (χ3v) is 3.53. The van der Waals surface area contributed by atoms with Gasteiger partial charge in [0.2, 0.25) is 5.95 Å². The van der Waals surface area contributed by atoms with Gasteiger partial charge >= 0.3 is 0 Å². The van der Waals surface area contributed by atoms with Crippen molar-refractivity contribution in [3.8, 4) is 11.4 Å². The lowest BCUT2D eigenvalue weighted by Gasteiger charge is -1.99. The SMILES string of the molecule is CSc1nc(N)n2nc(-c3cc(C)ccc3[N+](=O)[O-])nc2n1. The number of benzene rings is 1. The molecule has 0 aliphatic rings. The number of hydrogen-bond donors (Lipinski definition) is 1. The van der Waals surface area contributed by atoms with Crippen molar-refractivity contribution in [2.24, 2.45) is 0 Å². The maximum absolute atomic E-state index is 11.2. The van der Waals surface area contributed by atoms with Crippen LogP contribution in [0.25, 0.3) is 17.2 Å². The van der Waals surface area contributed by atoms with Gasteiger partial charge in [0.15, 0.2) is 11.0 Å². The first-order valence-electron chi connectivity index (χ1n) is 6.19. The molecule has 0 aliphatic carbocycles. The summed E-state index contributed by atoms with van der Waals surface area (Å²) in [6, 6.07) is 4.75. The van der Waals surface area contributed by atoms with Crippen molar-refractivity contribution in [3.63, 3.8) is 0 Å². The Bertz CT molecular complexity index is 893. The molecule has 0 unspecified atom stereocenters. The fourth-order valence-corrected chi connectivity index (χ4v) is 2.34. The first-order valence-corrected chi connectivity index (χ1v) is 7.42. The zero-order chi connectivity index (χ0) is 15.9. The molecule has 112 valence electrons. The summed E-state index contributed by atoms with van der Waals surface area (Å²) in [5, 5.41) is 15.8. The number of nitrogen functional groups attached to an aromatic ring is 1. The molecular formula is C12H11N7O2S. The summed E-state index contributed by atoms with van der Waals surface area (Å²) in [7, 11) is 0. The van der Waals surface area contributed by atoms with Gasteiger partial charge < -0.3 is 5.73 Å². The van der Waals surface area contributed by atoms with E-state index in [9.17, 15) is 10.1 Å². The lowest BCUT2D eigenvalue weighted by Crippen LogP contribution is -2.04. The highest BCUT2D eigenvalue weighted by atomic mass is 32.2. The third kappa shape index (κ3) is 2.33. The molecular weight excluding hydrogens is 306 g/mol. The summed E-state index contributed by atoms with van der Waals surface area (Å²) in [5.74, 6) is 0.570. The molecule has 0 aliphatic heterocycles. The van der Waals surface area contributed by atoms with Crippen LogP contribution in [0.2, 0.25) is 0 Å². The minimum Gasteiger partial charge on any atom is -0.368 e. The number of anilines is 1. The normalized spacial score (nSPS) is 11.0. The van der Waals surface area contributed by atoms with E-state index in [1.165, 1.54) is 22.3 Å². The highest BCUT2D eigenvalue weighted by Gasteiger charge is 2.20. The molecule has 22 heavy (non-hydrogen) atoms. The molecule has 3 aromatic rings. The van der Waals surface area contributed by atoms with Crippen LogP contribution in [0.1, 0.15) is 5.56 Å². The van der Waals surface area contributed by atoms with Crippen LogP contribution in [0.5, 0.6) is 0 Å². The van der Waals surface area contributed by atoms with Crippen molar-refractivity contribution in [2.75, 3.05) is 12.0 Å². The van der Waals surface area contributed by atoms with Gasteiger partial charge in [-0.25, -0.2) is 0 Å². The molecule has 10 heteroatoms. The maximum Gasteiger partial charge on any atom is 0.280 e. The molecule has 0 saturated heterocycles. The predicted octanol–water partition coefficient (Wildman–Crippen LogP) is 1.71. The van der Waals surface area contributed by atoms with Crippen molar-refractivity contribution in [1.82, 2.24) is 24.6 Å². The van der Waals surface area contributed by atoms with Gasteiger partial charge in [-0.05, 0) is 24.8 Å². The molecule has 0 spiro atoms. The number of rotatable bonds is 3. The summed E-state index contributed by atoms with van der Waals surface area (Å²) in [5.41, 5.74) is 6.93. The van der Waals surface area contributed by atoms with E-state index in [1.807, 2.05) is 13.2 Å². The van der Waals surface area contributed by atoms with Crippen molar-refractivity contribution in [1.29, 1.82) is 0 Å². The van der Waals surface area contributed by atoms with Crippen molar-refractivity contribution < 1.29 is 4.92 Å². The molecule has 0 atom stereocenters. The summed E-state index contributed by atoms with van der Waals surface area (Å²) in [6.45, 7) is 1.84. The van der Waals surface area contributed by atoms with E-state index in [2.05, 4.69) is 20.1 Å². The average Bonchev–Trinajstić information content (AvgIpc) is 2.91. The molecule has 0 saturated carbocycles. The smallest absolute Gasteiger partial charge is 0.280 e. The van der Waals surface area contributed by atoms with Crippen molar-refractivity contribution in [3.05, 3.63) is 33.9 Å². The molecule has 0 bridgehead atoms. The molecule has 3 rings (SSSR count). The van der Waals surface area contributed by atoms with E-state index in [0.29, 0.717) is 10.7 Å². The summed E-state index contributed by atoms with van der Waals surface area (Å²) < 4.78 is 1.26. The van der Waals surface area contributed by atoms with E-state index in [-0.39, 0.29) is 23.2 Å². The van der Waals surface area contributed by atoms with Crippen molar-refractivity contribution in [2.45, 2.75) is 12.1 Å². The number of nitrogens with two attached hydrogens (primary N) is 1. The second-order valence-corrected chi connectivity index (χ2v) is 5.27. The van der Waals surface area contributed by atoms with Gasteiger partial charge in [-0.3, -0.25) is 10.1 Å². The highest BCUT2D eigenvalue weighted by molar-refractivity contribution is 7.98. The fourth-order valence-electron chi connectivity index (χ4n) is 1.98. The minimum atomic E-state index is -0.469. The number of nitro groups is 1. The number of aromatic nitrogens is 5. The topological polar surface area (TPSA) is 125 Å². The second kappa shape index (κ2) is 5.22. The van der Waals surface area contributed by atoms with Crippen LogP contribution in [0.3, 0.4) is 0 Å². The number of aryl methyl sites for hydroxylation is 1. The average molecular weight is 317 g/mol. The van der Waals surface area contributed by atoms with E-state index >= 15 is 0 Å². The maximum atomic E-state index is 11.2. The predicted molar refractivity (Wildman–Crippen MR) is 81.6 cm³/mol. The summed E-state index contributed by atoms with van der Waals surface area (Å²) >= 11 is 1.32. The Kier molecular flexibility index (Phi) is 3.37. The molecule has 0 fully saturated rings. The van der Waals surface area contributed by atoms with Gasteiger partial charge in [-0.15, -0.1) is 5.10 Å². The Labute approximate surface area is 128 Å². The van der Waals surface area contributed by atoms with Gasteiger partial charge in [0.25, 0.3) is 11.5 Å². The molecule has 2 N–H and O–H groups in total. The van der Waals surface area contributed by atoms with E-state index in [0.717, 1.165) is 5.56 Å². The van der Waals surface area contributed by atoms with Crippen LogP contribution in [-0.4, -0.2) is 35.7 Å². The number of fused-ring (bicyclic) bond motifs is 1. The minimum absolute atomic E-state index is 0.0712. The third-order valence-electron chi connectivity index (χ3n) is 2.99. The standard InChI is InChI=1S/C12H11N7O2S/c1-6-3-4-8(19(20)21)7(5-6)9-14-11-16-12(22-2)15-10(13)18(11)17-9/h3-5H,1-2H3,(H2,13,14,15,16,17). The zero-order valence-electron chi connectivity index (χ0n) is 11.7. The second-order valence-electron chi connectivity index (χ2n) is 4.49. The molecule has 2 heterocycles. The number of thioether (sulfide) groups is 1. The molecule has 0 amide bonds. The molecule has 0 radical (unpaired) electrons. The van der Waals surface area contributed by atoms with Gasteiger partial charge in [-0.1, -0.05) is 17.8 Å². The molecule has 1 aromatic carbocycles. The highest BCUT2D eigenvalue weighted by Crippen LogP contribution is 2.29. The van der Waals surface area contributed by atoms with E-state index in [4.69, 9.17) is 5.73 Å². The molecule has 9 nitrogen and oxygen atoms in total. The number of nitrogens with zero attached hydrogens (tertiary/aromatic N) is 6. The fraction of sp³-hybridized carbons (Fsp3) is 0.167. The number of hydrogen-bond acceptors (Lipinski definition) is 8. The quantitative estimate of drug-likeness (QED) is 0.439. The van der Waals surface area contributed by atoms with Crippen LogP contribution in [0.4, 0.5) is 11.6 Å². The van der Waals surface area contributed by atoms with E-state index < -0.39 is 4.92 Å². The Morgan fingerprint density at radius 2 is 2.09 bits per heavy atom. The van der Waals surface area contributed by atoms with Gasteiger partial charge in [0, 0.05) is 6.07 Å². The first kappa shape index (κ1) is 14.2. The lowest BCUT2D eigenvalue weighted by atomic mass is 10.1. The zero-order valence-corrected chi connectivity index (χ0v) is 12.5.